The third-order valence-electron chi connectivity index (χ3n) is 10.4. The molecular weight excluding hydrogens is 954 g/mol. The quantitative estimate of drug-likeness (QED) is 0.0639. The molecule has 2 saturated carbocycles. The molecule has 3 rings (SSSR count). The van der Waals surface area contributed by atoms with Crippen LogP contribution in [-0.4, -0.2) is 93.1 Å². The van der Waals surface area contributed by atoms with Crippen molar-refractivity contribution in [2.75, 3.05) is 55.7 Å². The Hall–Kier alpha value is -1.92. The Kier molecular flexibility index (Phi) is 56.7. The number of allylic oxidation sites excluding steroid dienone is 3. The standard InChI is InChI=1S/C13H22O2.C10H22.C7H19N3.C6H14.C6H6.C5H5.C5H4.3C2H6.W/c1-6-13-9(7(2)10(13)14-5)12(4)8(3)15-11(12)13;1-9(2,3)7-8-10(4,5)6;1-8(2)6-10(5)7-9(3)4;2*1-3-5-6-4-2;2*1-3-5-4-2;3*1-2;/h7-11H,6H2,1-5H3;7-8H2,1-6H3;6-7H2,1-5H3;3-6H2,1-2H3;1-2H3;1-5H;1H,2H3;3*1-2H3;/q;;;;;-1;;;;;. The van der Waals surface area contributed by atoms with E-state index >= 15 is 0 Å². The van der Waals surface area contributed by atoms with E-state index in [9.17, 15) is 0 Å². The molecule has 0 N–H and O–H groups in total. The zero-order valence-corrected chi connectivity index (χ0v) is 50.7. The van der Waals surface area contributed by atoms with Crippen LogP contribution < -0.4 is 0 Å². The first-order valence-corrected chi connectivity index (χ1v) is 26.2. The zero-order chi connectivity index (χ0) is 52.2. The van der Waals surface area contributed by atoms with Crippen molar-refractivity contribution in [3.05, 3.63) is 24.8 Å². The summed E-state index contributed by atoms with van der Waals surface area (Å²) in [6.45, 7) is 51.8. The minimum atomic E-state index is 0.357. The van der Waals surface area contributed by atoms with Gasteiger partial charge in [-0.2, -0.15) is 0 Å². The fraction of sp³-hybridized carbons (Fsp3) is 0.776. The van der Waals surface area contributed by atoms with Gasteiger partial charge in [0.15, 0.2) is 0 Å². The van der Waals surface area contributed by atoms with Gasteiger partial charge >= 0.3 is 48.6 Å². The Morgan fingerprint density at radius 3 is 1.33 bits per heavy atom. The molecule has 64 heavy (non-hydrogen) atoms. The average molecular weight is 1070 g/mol. The Morgan fingerprint density at radius 1 is 0.734 bits per heavy atom. The predicted molar refractivity (Wildman–Crippen MR) is 289 cm³/mol. The van der Waals surface area contributed by atoms with Crippen molar-refractivity contribution >= 4 is 4.40 Å². The number of terminal acetylenes is 1. The molecule has 6 heteroatoms. The molecule has 0 spiro atoms. The van der Waals surface area contributed by atoms with E-state index in [1.54, 1.807) is 26.8 Å². The van der Waals surface area contributed by atoms with Crippen molar-refractivity contribution in [1.29, 1.82) is 0 Å². The number of ether oxygens (including phenoxy) is 2. The molecule has 0 amide bonds. The maximum atomic E-state index is 5.97. The molecule has 3 fully saturated rings. The number of fused-ring (bicyclic) bond motifs is 4. The van der Waals surface area contributed by atoms with E-state index in [4.69, 9.17) is 22.5 Å². The number of unbranched alkanes of at least 4 members (excludes halogenated alkanes) is 3. The van der Waals surface area contributed by atoms with E-state index in [-0.39, 0.29) is 0 Å². The number of nitrogens with zero attached hydrogens (tertiary/aromatic N) is 3. The summed E-state index contributed by atoms with van der Waals surface area (Å²) in [7, 11) is 12.3. The summed E-state index contributed by atoms with van der Waals surface area (Å²) < 4.78 is 13.7. The topological polar surface area (TPSA) is 28.2 Å². The molecule has 7 atom stereocenters. The Labute approximate surface area is 416 Å². The number of hydrogen-bond donors (Lipinski definition) is 0. The van der Waals surface area contributed by atoms with Crippen molar-refractivity contribution in [1.82, 2.24) is 14.7 Å². The van der Waals surface area contributed by atoms with Crippen LogP contribution in [-0.2, 0) is 28.8 Å². The van der Waals surface area contributed by atoms with Crippen LogP contribution in [0.3, 0.4) is 0 Å². The van der Waals surface area contributed by atoms with Gasteiger partial charge in [0.05, 0.1) is 31.6 Å². The molecule has 3 aliphatic rings. The summed E-state index contributed by atoms with van der Waals surface area (Å²) in [5.74, 6) is 19.1. The van der Waals surface area contributed by atoms with Crippen LogP contribution in [0.25, 0.3) is 0 Å². The Morgan fingerprint density at radius 2 is 1.12 bits per heavy atom. The number of hydrogen-bond acceptors (Lipinski definition) is 5. The predicted octanol–water partition coefficient (Wildman–Crippen LogP) is 14.5. The van der Waals surface area contributed by atoms with E-state index < -0.39 is 0 Å². The van der Waals surface area contributed by atoms with Crippen LogP contribution in [0.4, 0.5) is 0 Å². The van der Waals surface area contributed by atoms with Crippen molar-refractivity contribution in [3.63, 3.8) is 0 Å². The van der Waals surface area contributed by atoms with Crippen molar-refractivity contribution in [3.8, 4) is 47.9 Å². The molecule has 0 radical (unpaired) electrons. The summed E-state index contributed by atoms with van der Waals surface area (Å²) in [5.41, 5.74) is 1.82. The third kappa shape index (κ3) is 35.3. The van der Waals surface area contributed by atoms with Crippen LogP contribution in [0.1, 0.15) is 190 Å². The fourth-order valence-electron chi connectivity index (χ4n) is 7.94. The molecule has 0 aromatic rings. The number of methoxy groups -OCH3 is 1. The Bertz CT molecular complexity index is 1280. The molecule has 1 aliphatic heterocycles. The zero-order valence-electron chi connectivity index (χ0n) is 47.8. The van der Waals surface area contributed by atoms with Gasteiger partial charge in [0.1, 0.15) is 0 Å². The second kappa shape index (κ2) is 47.6. The maximum absolute atomic E-state index is 5.97. The van der Waals surface area contributed by atoms with Gasteiger partial charge in [-0.15, -0.1) is 6.42 Å². The summed E-state index contributed by atoms with van der Waals surface area (Å²) in [6, 6.07) is 0. The molecular formula is C58H110N3O2W-. The van der Waals surface area contributed by atoms with E-state index in [1.807, 2.05) is 59.1 Å². The molecule has 376 valence electrons. The molecule has 2 aliphatic carbocycles. The van der Waals surface area contributed by atoms with Gasteiger partial charge in [-0.25, -0.2) is 0 Å². The van der Waals surface area contributed by atoms with Crippen molar-refractivity contribution < 1.29 is 28.8 Å². The first kappa shape index (κ1) is 76.3. The van der Waals surface area contributed by atoms with Crippen LogP contribution in [0.2, 0.25) is 0 Å². The second-order valence-electron chi connectivity index (χ2n) is 18.6. The van der Waals surface area contributed by atoms with Crippen LogP contribution in [0, 0.1) is 87.9 Å². The monoisotopic (exact) mass is 1060 g/mol. The molecule has 5 nitrogen and oxygen atoms in total. The Balaban J connectivity index is -0.000000120. The summed E-state index contributed by atoms with van der Waals surface area (Å²) in [4.78, 5) is 6.56. The fourth-order valence-corrected chi connectivity index (χ4v) is 8.27. The number of rotatable bonds is 12. The van der Waals surface area contributed by atoms with E-state index in [2.05, 4.69) is 174 Å². The first-order chi connectivity index (χ1) is 29.9. The van der Waals surface area contributed by atoms with Crippen LogP contribution in [0.15, 0.2) is 18.2 Å². The van der Waals surface area contributed by atoms with Gasteiger partial charge in [0.2, 0.25) is 0 Å². The van der Waals surface area contributed by atoms with Gasteiger partial charge in [-0.1, -0.05) is 161 Å². The van der Waals surface area contributed by atoms with Crippen molar-refractivity contribution in [2.24, 2.45) is 33.5 Å². The molecule has 0 aromatic carbocycles. The molecule has 0 aromatic heterocycles. The van der Waals surface area contributed by atoms with Gasteiger partial charge in [0.25, 0.3) is 0 Å². The van der Waals surface area contributed by atoms with Gasteiger partial charge in [-0.3, -0.25) is 14.7 Å². The third-order valence-corrected chi connectivity index (χ3v) is 10.9. The average Bonchev–Trinajstić information content (AvgIpc) is 3.24. The summed E-state index contributed by atoms with van der Waals surface area (Å²) >= 11 is 1.45. The summed E-state index contributed by atoms with van der Waals surface area (Å²) in [6.07, 6.45) is 20.7. The van der Waals surface area contributed by atoms with Gasteiger partial charge in [0, 0.05) is 17.9 Å². The molecule has 7 unspecified atom stereocenters. The summed E-state index contributed by atoms with van der Waals surface area (Å²) in [5, 5.41) is 0. The van der Waals surface area contributed by atoms with Gasteiger partial charge < -0.3 is 9.47 Å². The van der Waals surface area contributed by atoms with E-state index in [0.717, 1.165) is 19.3 Å². The van der Waals surface area contributed by atoms with E-state index in [0.29, 0.717) is 45.9 Å². The van der Waals surface area contributed by atoms with Crippen molar-refractivity contribution in [2.45, 2.75) is 209 Å². The van der Waals surface area contributed by atoms with Crippen LogP contribution >= 0.6 is 0 Å². The van der Waals surface area contributed by atoms with Gasteiger partial charge in [-0.05, 0) is 129 Å². The van der Waals surface area contributed by atoms with E-state index in [1.165, 1.54) is 70.4 Å². The minimum absolute atomic E-state index is 0.357. The molecule has 0 bridgehead atoms. The first-order valence-electron chi connectivity index (χ1n) is 24.5. The van der Waals surface area contributed by atoms with Crippen LogP contribution in [0.5, 0.6) is 0 Å². The normalized spacial score (nSPS) is 22.0. The molecule has 1 heterocycles. The SMILES string of the molecule is C#CC#CC.CC.CC.CC.CC#CC#CC.CC(C)(C)CCC(C)(C)C.CCC12C(OC)C(C)C1C1(C)C(C)OC12.CCCCCC.CN(C)CN(C)CN(C)C.[CH-]=CC=C[CH]=[W]. The second-order valence-corrected chi connectivity index (χ2v) is 19.6. The molecule has 1 saturated heterocycles.